The Morgan fingerprint density at radius 1 is 1.07 bits per heavy atom. The van der Waals surface area contributed by atoms with Crippen LogP contribution in [0.4, 0.5) is 5.69 Å². The van der Waals surface area contributed by atoms with Gasteiger partial charge >= 0.3 is 0 Å². The summed E-state index contributed by atoms with van der Waals surface area (Å²) in [6.45, 7) is 4.51. The summed E-state index contributed by atoms with van der Waals surface area (Å²) in [5, 5.41) is 8.43. The number of rotatable bonds is 5. The summed E-state index contributed by atoms with van der Waals surface area (Å²) >= 11 is 0. The number of aryl methyl sites for hydroxylation is 1. The van der Waals surface area contributed by atoms with E-state index in [9.17, 15) is 4.79 Å². The second-order valence-corrected chi connectivity index (χ2v) is 6.87. The van der Waals surface area contributed by atoms with Gasteiger partial charge in [-0.3, -0.25) is 9.48 Å². The molecule has 29 heavy (non-hydrogen) atoms. The quantitative estimate of drug-likeness (QED) is 0.553. The molecule has 2 aromatic carbocycles. The SMILES string of the molecule is COc1cc(C(=O)Nc2c(C)nn(Cc3ccccc3)c2C)c2ccccc2n1. The van der Waals surface area contributed by atoms with Crippen LogP contribution < -0.4 is 10.1 Å². The average molecular weight is 386 g/mol. The van der Waals surface area contributed by atoms with Crippen molar-refractivity contribution in [3.05, 3.63) is 83.2 Å². The van der Waals surface area contributed by atoms with Gasteiger partial charge in [0.15, 0.2) is 0 Å². The maximum absolute atomic E-state index is 13.1. The summed E-state index contributed by atoms with van der Waals surface area (Å²) in [6, 6.07) is 19.3. The van der Waals surface area contributed by atoms with Gasteiger partial charge in [0, 0.05) is 11.5 Å². The number of benzene rings is 2. The van der Waals surface area contributed by atoms with Crippen LogP contribution in [0.15, 0.2) is 60.7 Å². The molecule has 6 nitrogen and oxygen atoms in total. The molecule has 2 heterocycles. The molecule has 0 aliphatic rings. The van der Waals surface area contributed by atoms with Crippen molar-refractivity contribution in [3.63, 3.8) is 0 Å². The molecular weight excluding hydrogens is 364 g/mol. The van der Waals surface area contributed by atoms with Gasteiger partial charge in [-0.15, -0.1) is 0 Å². The molecule has 0 saturated carbocycles. The number of carbonyl (C=O) groups excluding carboxylic acids is 1. The minimum absolute atomic E-state index is 0.215. The van der Waals surface area contributed by atoms with E-state index in [1.165, 1.54) is 0 Å². The maximum atomic E-state index is 13.1. The summed E-state index contributed by atoms with van der Waals surface area (Å²) in [4.78, 5) is 17.5. The molecule has 0 unspecified atom stereocenters. The molecule has 0 aliphatic carbocycles. The molecular formula is C23H22N4O2. The molecule has 0 spiro atoms. The number of pyridine rings is 1. The fourth-order valence-corrected chi connectivity index (χ4v) is 3.41. The van der Waals surface area contributed by atoms with Crippen LogP contribution >= 0.6 is 0 Å². The highest BCUT2D eigenvalue weighted by atomic mass is 16.5. The normalized spacial score (nSPS) is 10.9. The number of hydrogen-bond donors (Lipinski definition) is 1. The van der Waals surface area contributed by atoms with E-state index in [-0.39, 0.29) is 5.91 Å². The lowest BCUT2D eigenvalue weighted by Gasteiger charge is -2.10. The number of fused-ring (bicyclic) bond motifs is 1. The van der Waals surface area contributed by atoms with Gasteiger partial charge in [-0.2, -0.15) is 5.10 Å². The molecule has 0 aliphatic heterocycles. The first-order valence-corrected chi connectivity index (χ1v) is 9.40. The van der Waals surface area contributed by atoms with Crippen molar-refractivity contribution < 1.29 is 9.53 Å². The number of anilines is 1. The van der Waals surface area contributed by atoms with Crippen LogP contribution in [-0.4, -0.2) is 27.8 Å². The van der Waals surface area contributed by atoms with Crippen molar-refractivity contribution in [2.24, 2.45) is 0 Å². The molecule has 0 radical (unpaired) electrons. The van der Waals surface area contributed by atoms with Crippen LogP contribution in [0.5, 0.6) is 5.88 Å². The highest BCUT2D eigenvalue weighted by Gasteiger charge is 2.18. The Morgan fingerprint density at radius 3 is 2.55 bits per heavy atom. The zero-order chi connectivity index (χ0) is 20.4. The maximum Gasteiger partial charge on any atom is 0.256 e. The van der Waals surface area contributed by atoms with E-state index in [2.05, 4.69) is 27.5 Å². The Bertz CT molecular complexity index is 1180. The van der Waals surface area contributed by atoms with Gasteiger partial charge < -0.3 is 10.1 Å². The summed E-state index contributed by atoms with van der Waals surface area (Å²) in [5.74, 6) is 0.189. The van der Waals surface area contributed by atoms with Gasteiger partial charge in [0.05, 0.1) is 41.8 Å². The number of hydrogen-bond acceptors (Lipinski definition) is 4. The Labute approximate surface area is 169 Å². The molecule has 1 amide bonds. The predicted molar refractivity (Wildman–Crippen MR) is 113 cm³/mol. The van der Waals surface area contributed by atoms with E-state index in [0.717, 1.165) is 28.0 Å². The van der Waals surface area contributed by atoms with Crippen LogP contribution in [0.1, 0.15) is 27.3 Å². The third-order valence-corrected chi connectivity index (χ3v) is 4.94. The third kappa shape index (κ3) is 3.69. The number of ether oxygens (including phenoxy) is 1. The number of nitrogens with one attached hydrogen (secondary N) is 1. The van der Waals surface area contributed by atoms with E-state index >= 15 is 0 Å². The lowest BCUT2D eigenvalue weighted by Crippen LogP contribution is -2.14. The van der Waals surface area contributed by atoms with Crippen molar-refractivity contribution in [3.8, 4) is 5.88 Å². The summed E-state index contributed by atoms with van der Waals surface area (Å²) < 4.78 is 7.18. The Kier molecular flexibility index (Phi) is 4.99. The monoisotopic (exact) mass is 386 g/mol. The van der Waals surface area contributed by atoms with E-state index in [1.54, 1.807) is 13.2 Å². The number of aromatic nitrogens is 3. The Hall–Kier alpha value is -3.67. The van der Waals surface area contributed by atoms with Crippen LogP contribution in [0, 0.1) is 13.8 Å². The van der Waals surface area contributed by atoms with Crippen molar-refractivity contribution >= 4 is 22.5 Å². The Morgan fingerprint density at radius 2 is 1.79 bits per heavy atom. The first-order valence-electron chi connectivity index (χ1n) is 9.40. The predicted octanol–water partition coefficient (Wildman–Crippen LogP) is 4.36. The molecule has 4 rings (SSSR count). The van der Waals surface area contributed by atoms with Crippen molar-refractivity contribution in [1.82, 2.24) is 14.8 Å². The number of amides is 1. The van der Waals surface area contributed by atoms with E-state index in [0.29, 0.717) is 23.5 Å². The molecule has 2 aromatic heterocycles. The second kappa shape index (κ2) is 7.75. The zero-order valence-electron chi connectivity index (χ0n) is 16.6. The van der Waals surface area contributed by atoms with Crippen LogP contribution in [0.25, 0.3) is 10.9 Å². The highest BCUT2D eigenvalue weighted by Crippen LogP contribution is 2.25. The molecule has 0 atom stereocenters. The molecule has 146 valence electrons. The van der Waals surface area contributed by atoms with Crippen LogP contribution in [0.2, 0.25) is 0 Å². The average Bonchev–Trinajstić information content (AvgIpc) is 3.00. The fourth-order valence-electron chi connectivity index (χ4n) is 3.41. The molecule has 0 bridgehead atoms. The fraction of sp³-hybridized carbons (Fsp3) is 0.174. The van der Waals surface area contributed by atoms with Gasteiger partial charge in [0.25, 0.3) is 5.91 Å². The minimum atomic E-state index is -0.215. The van der Waals surface area contributed by atoms with Crippen molar-refractivity contribution in [2.75, 3.05) is 12.4 Å². The number of methoxy groups -OCH3 is 1. The third-order valence-electron chi connectivity index (χ3n) is 4.94. The van der Waals surface area contributed by atoms with Gasteiger partial charge in [0.1, 0.15) is 0 Å². The summed E-state index contributed by atoms with van der Waals surface area (Å²) in [5.41, 5.74) is 4.79. The molecule has 6 heteroatoms. The standard InChI is InChI=1S/C23H22N4O2/c1-15-22(16(2)27(26-15)14-17-9-5-4-6-10-17)25-23(28)19-13-21(29-3)24-20-12-8-7-11-18(19)20/h4-13H,14H2,1-3H3,(H,25,28). The number of nitrogens with zero attached hydrogens (tertiary/aromatic N) is 3. The lowest BCUT2D eigenvalue weighted by atomic mass is 10.1. The number of para-hydroxylation sites is 1. The largest absolute Gasteiger partial charge is 0.481 e. The molecule has 0 saturated heterocycles. The van der Waals surface area contributed by atoms with Crippen molar-refractivity contribution in [2.45, 2.75) is 20.4 Å². The summed E-state index contributed by atoms with van der Waals surface area (Å²) in [6.07, 6.45) is 0. The van der Waals surface area contributed by atoms with Crippen molar-refractivity contribution in [1.29, 1.82) is 0 Å². The molecule has 0 fully saturated rings. The first-order chi connectivity index (χ1) is 14.1. The second-order valence-electron chi connectivity index (χ2n) is 6.87. The van der Waals surface area contributed by atoms with E-state index in [1.807, 2.05) is 61.0 Å². The Balaban J connectivity index is 1.67. The van der Waals surface area contributed by atoms with Crippen LogP contribution in [0.3, 0.4) is 0 Å². The zero-order valence-corrected chi connectivity index (χ0v) is 16.6. The summed E-state index contributed by atoms with van der Waals surface area (Å²) in [7, 11) is 1.54. The van der Waals surface area contributed by atoms with E-state index in [4.69, 9.17) is 4.74 Å². The van der Waals surface area contributed by atoms with Gasteiger partial charge in [-0.1, -0.05) is 48.5 Å². The molecule has 4 aromatic rings. The van der Waals surface area contributed by atoms with Gasteiger partial charge in [-0.25, -0.2) is 4.98 Å². The van der Waals surface area contributed by atoms with Crippen LogP contribution in [-0.2, 0) is 6.54 Å². The molecule has 1 N–H and O–H groups in total. The smallest absolute Gasteiger partial charge is 0.256 e. The van der Waals surface area contributed by atoms with Gasteiger partial charge in [0.2, 0.25) is 5.88 Å². The minimum Gasteiger partial charge on any atom is -0.481 e. The lowest BCUT2D eigenvalue weighted by molar-refractivity contribution is 0.102. The number of carbonyl (C=O) groups is 1. The van der Waals surface area contributed by atoms with Gasteiger partial charge in [-0.05, 0) is 25.5 Å². The first kappa shape index (κ1) is 18.7. The highest BCUT2D eigenvalue weighted by molar-refractivity contribution is 6.13. The topological polar surface area (TPSA) is 69.0 Å². The van der Waals surface area contributed by atoms with E-state index < -0.39 is 0 Å².